The third-order valence-electron chi connectivity index (χ3n) is 3.00. The largest absolute Gasteiger partial charge is 0.392 e. The summed E-state index contributed by atoms with van der Waals surface area (Å²) in [6.45, 7) is 3.24. The standard InChI is InChI=1S/C14H22FNO3/c1-11(10-19-3)16(7-8-18-2)14-12(9-17)5-4-6-13(14)15/h4-6,11,17H,7-10H2,1-3H3. The molecule has 108 valence electrons. The smallest absolute Gasteiger partial charge is 0.146 e. The Morgan fingerprint density at radius 2 is 2.05 bits per heavy atom. The fourth-order valence-corrected chi connectivity index (χ4v) is 2.08. The lowest BCUT2D eigenvalue weighted by molar-refractivity contribution is 0.170. The number of rotatable bonds is 8. The molecule has 0 aliphatic heterocycles. The van der Waals surface area contributed by atoms with Crippen LogP contribution in [0.3, 0.4) is 0 Å². The van der Waals surface area contributed by atoms with Gasteiger partial charge in [-0.05, 0) is 13.0 Å². The van der Waals surface area contributed by atoms with Crippen LogP contribution < -0.4 is 4.90 Å². The second-order valence-electron chi connectivity index (χ2n) is 4.40. The molecule has 5 heteroatoms. The fourth-order valence-electron chi connectivity index (χ4n) is 2.08. The summed E-state index contributed by atoms with van der Waals surface area (Å²) in [6.07, 6.45) is 0. The molecule has 0 aromatic heterocycles. The maximum atomic E-state index is 14.1. The third-order valence-corrected chi connectivity index (χ3v) is 3.00. The molecule has 1 aromatic carbocycles. The number of hydrogen-bond acceptors (Lipinski definition) is 4. The highest BCUT2D eigenvalue weighted by atomic mass is 19.1. The molecule has 0 radical (unpaired) electrons. The van der Waals surface area contributed by atoms with Gasteiger partial charge in [-0.1, -0.05) is 12.1 Å². The molecule has 0 fully saturated rings. The van der Waals surface area contributed by atoms with Crippen LogP contribution in [0.5, 0.6) is 0 Å². The van der Waals surface area contributed by atoms with Gasteiger partial charge in [0.1, 0.15) is 5.82 Å². The lowest BCUT2D eigenvalue weighted by atomic mass is 10.1. The van der Waals surface area contributed by atoms with Crippen molar-refractivity contribution in [2.75, 3.05) is 38.9 Å². The predicted octanol–water partition coefficient (Wildman–Crippen LogP) is 1.81. The van der Waals surface area contributed by atoms with E-state index in [2.05, 4.69) is 0 Å². The Morgan fingerprint density at radius 3 is 2.63 bits per heavy atom. The highest BCUT2D eigenvalue weighted by Gasteiger charge is 2.20. The maximum Gasteiger partial charge on any atom is 0.146 e. The van der Waals surface area contributed by atoms with Gasteiger partial charge < -0.3 is 19.5 Å². The Morgan fingerprint density at radius 1 is 1.32 bits per heavy atom. The van der Waals surface area contributed by atoms with Gasteiger partial charge in [-0.3, -0.25) is 0 Å². The van der Waals surface area contributed by atoms with E-state index >= 15 is 0 Å². The van der Waals surface area contributed by atoms with Gasteiger partial charge in [0.15, 0.2) is 0 Å². The minimum atomic E-state index is -0.342. The van der Waals surface area contributed by atoms with Crippen LogP contribution in [0.2, 0.25) is 0 Å². The van der Waals surface area contributed by atoms with Crippen LogP contribution in [0.15, 0.2) is 18.2 Å². The number of halogens is 1. The number of ether oxygens (including phenoxy) is 2. The van der Waals surface area contributed by atoms with Gasteiger partial charge in [-0.15, -0.1) is 0 Å². The first-order valence-corrected chi connectivity index (χ1v) is 6.28. The van der Waals surface area contributed by atoms with E-state index in [-0.39, 0.29) is 18.5 Å². The second kappa shape index (κ2) is 8.09. The molecule has 0 saturated heterocycles. The molecular weight excluding hydrogens is 249 g/mol. The minimum Gasteiger partial charge on any atom is -0.392 e. The van der Waals surface area contributed by atoms with Crippen molar-refractivity contribution in [2.45, 2.75) is 19.6 Å². The summed E-state index contributed by atoms with van der Waals surface area (Å²) in [5.41, 5.74) is 0.991. The van der Waals surface area contributed by atoms with Crippen molar-refractivity contribution in [3.63, 3.8) is 0 Å². The predicted molar refractivity (Wildman–Crippen MR) is 72.9 cm³/mol. The number of aliphatic hydroxyl groups excluding tert-OH is 1. The zero-order valence-corrected chi connectivity index (χ0v) is 11.7. The third kappa shape index (κ3) is 4.16. The van der Waals surface area contributed by atoms with E-state index in [1.807, 2.05) is 11.8 Å². The van der Waals surface area contributed by atoms with Crippen LogP contribution in [0.25, 0.3) is 0 Å². The van der Waals surface area contributed by atoms with E-state index in [1.54, 1.807) is 26.4 Å². The molecule has 1 rings (SSSR count). The normalized spacial score (nSPS) is 12.5. The molecule has 0 saturated carbocycles. The maximum absolute atomic E-state index is 14.1. The van der Waals surface area contributed by atoms with Gasteiger partial charge in [0.05, 0.1) is 25.5 Å². The number of para-hydroxylation sites is 1. The molecule has 0 aliphatic carbocycles. The topological polar surface area (TPSA) is 41.9 Å². The summed E-state index contributed by atoms with van der Waals surface area (Å²) in [5, 5.41) is 9.37. The average molecular weight is 271 g/mol. The lowest BCUT2D eigenvalue weighted by Crippen LogP contribution is -2.39. The second-order valence-corrected chi connectivity index (χ2v) is 4.40. The van der Waals surface area contributed by atoms with E-state index in [1.165, 1.54) is 6.07 Å². The summed E-state index contributed by atoms with van der Waals surface area (Å²) in [4.78, 5) is 1.87. The zero-order chi connectivity index (χ0) is 14.3. The number of anilines is 1. The van der Waals surface area contributed by atoms with Crippen molar-refractivity contribution in [3.05, 3.63) is 29.6 Å². The van der Waals surface area contributed by atoms with E-state index in [0.717, 1.165) is 0 Å². The molecule has 0 heterocycles. The van der Waals surface area contributed by atoms with Crippen LogP contribution in [-0.4, -0.2) is 45.1 Å². The molecule has 1 N–H and O–H groups in total. The van der Waals surface area contributed by atoms with Crippen molar-refractivity contribution in [2.24, 2.45) is 0 Å². The monoisotopic (exact) mass is 271 g/mol. The Kier molecular flexibility index (Phi) is 6.77. The number of hydrogen-bond donors (Lipinski definition) is 1. The first-order chi connectivity index (χ1) is 9.15. The van der Waals surface area contributed by atoms with Crippen LogP contribution in [-0.2, 0) is 16.1 Å². The molecule has 0 spiro atoms. The summed E-state index contributed by atoms with van der Waals surface area (Å²) < 4.78 is 24.3. The molecule has 1 atom stereocenters. The van der Waals surface area contributed by atoms with Crippen LogP contribution >= 0.6 is 0 Å². The van der Waals surface area contributed by atoms with Gasteiger partial charge in [-0.2, -0.15) is 0 Å². The first kappa shape index (κ1) is 15.9. The SMILES string of the molecule is COCCN(c1c(F)cccc1CO)C(C)COC. The van der Waals surface area contributed by atoms with E-state index in [4.69, 9.17) is 9.47 Å². The van der Waals surface area contributed by atoms with Gasteiger partial charge in [-0.25, -0.2) is 4.39 Å². The number of methoxy groups -OCH3 is 2. The summed E-state index contributed by atoms with van der Waals surface area (Å²) in [5.74, 6) is -0.342. The molecule has 0 bridgehead atoms. The van der Waals surface area contributed by atoms with Crippen LogP contribution in [0.4, 0.5) is 10.1 Å². The highest BCUT2D eigenvalue weighted by Crippen LogP contribution is 2.26. The molecule has 4 nitrogen and oxygen atoms in total. The van der Waals surface area contributed by atoms with E-state index in [0.29, 0.717) is 31.0 Å². The lowest BCUT2D eigenvalue weighted by Gasteiger charge is -2.32. The quantitative estimate of drug-likeness (QED) is 0.783. The number of benzene rings is 1. The van der Waals surface area contributed by atoms with E-state index in [9.17, 15) is 9.50 Å². The Labute approximate surface area is 113 Å². The van der Waals surface area contributed by atoms with Crippen molar-refractivity contribution in [3.8, 4) is 0 Å². The average Bonchev–Trinajstić information content (AvgIpc) is 2.40. The molecular formula is C14H22FNO3. The number of nitrogens with zero attached hydrogens (tertiary/aromatic N) is 1. The summed E-state index contributed by atoms with van der Waals surface area (Å²) >= 11 is 0. The molecule has 19 heavy (non-hydrogen) atoms. The summed E-state index contributed by atoms with van der Waals surface area (Å²) in [6, 6.07) is 4.70. The summed E-state index contributed by atoms with van der Waals surface area (Å²) in [7, 11) is 3.22. The fraction of sp³-hybridized carbons (Fsp3) is 0.571. The van der Waals surface area contributed by atoms with Crippen molar-refractivity contribution >= 4 is 5.69 Å². The highest BCUT2D eigenvalue weighted by molar-refractivity contribution is 5.55. The first-order valence-electron chi connectivity index (χ1n) is 6.28. The zero-order valence-electron chi connectivity index (χ0n) is 11.7. The van der Waals surface area contributed by atoms with Crippen molar-refractivity contribution in [1.82, 2.24) is 0 Å². The Balaban J connectivity index is 3.08. The van der Waals surface area contributed by atoms with Crippen LogP contribution in [0.1, 0.15) is 12.5 Å². The minimum absolute atomic E-state index is 0.0117. The van der Waals surface area contributed by atoms with Gasteiger partial charge in [0.2, 0.25) is 0 Å². The van der Waals surface area contributed by atoms with Gasteiger partial charge >= 0.3 is 0 Å². The number of aliphatic hydroxyl groups is 1. The Hall–Kier alpha value is -1.17. The molecule has 1 aromatic rings. The molecule has 0 amide bonds. The molecule has 0 aliphatic rings. The van der Waals surface area contributed by atoms with E-state index < -0.39 is 0 Å². The Bertz CT molecular complexity index is 387. The van der Waals surface area contributed by atoms with Gasteiger partial charge in [0.25, 0.3) is 0 Å². The van der Waals surface area contributed by atoms with Gasteiger partial charge in [0, 0.05) is 32.4 Å². The van der Waals surface area contributed by atoms with Crippen LogP contribution in [0, 0.1) is 5.82 Å². The van der Waals surface area contributed by atoms with Crippen molar-refractivity contribution < 1.29 is 19.0 Å². The molecule has 1 unspecified atom stereocenters. The van der Waals surface area contributed by atoms with Crippen molar-refractivity contribution in [1.29, 1.82) is 0 Å².